The largest absolute Gasteiger partial charge is 0.368 e. The summed E-state index contributed by atoms with van der Waals surface area (Å²) < 4.78 is 42.9. The highest BCUT2D eigenvalue weighted by Crippen LogP contribution is 2.39. The number of carbonyl (C=O) groups is 1. The van der Waals surface area contributed by atoms with E-state index in [1.807, 2.05) is 0 Å². The van der Waals surface area contributed by atoms with Crippen molar-refractivity contribution < 1.29 is 22.3 Å². The summed E-state index contributed by atoms with van der Waals surface area (Å²) >= 11 is 0. The van der Waals surface area contributed by atoms with Gasteiger partial charge in [0.1, 0.15) is 11.4 Å². The summed E-state index contributed by atoms with van der Waals surface area (Å²) in [5, 5.41) is 5.51. The Kier molecular flexibility index (Phi) is 4.20. The molecular formula is C14H19FN4O4S. The molecule has 2 unspecified atom stereocenters. The van der Waals surface area contributed by atoms with E-state index in [-0.39, 0.29) is 23.2 Å². The minimum Gasteiger partial charge on any atom is -0.368 e. The standard InChI is InChI=1S/C14H19FN4O4S/c1-8-16-5-9(15)12(17-8)18-10-6-24(21,22)7-11(10)19-13(20)14(23-2)3-4-14/h5,10-11H,3-4,6-7H2,1-2H3,(H,19,20)(H,16,17,18). The van der Waals surface area contributed by atoms with Gasteiger partial charge in [-0.1, -0.05) is 0 Å². The van der Waals surface area contributed by atoms with E-state index in [0.717, 1.165) is 6.20 Å². The summed E-state index contributed by atoms with van der Waals surface area (Å²) in [6, 6.07) is -1.35. The number of hydrogen-bond donors (Lipinski definition) is 2. The van der Waals surface area contributed by atoms with Crippen molar-refractivity contribution in [2.45, 2.75) is 37.5 Å². The van der Waals surface area contributed by atoms with Crippen LogP contribution in [-0.2, 0) is 19.4 Å². The zero-order valence-electron chi connectivity index (χ0n) is 13.4. The van der Waals surface area contributed by atoms with E-state index in [0.29, 0.717) is 18.7 Å². The minimum absolute atomic E-state index is 0.0725. The Hall–Kier alpha value is -1.81. The molecule has 0 aromatic carbocycles. The van der Waals surface area contributed by atoms with Gasteiger partial charge >= 0.3 is 0 Å². The highest BCUT2D eigenvalue weighted by molar-refractivity contribution is 7.91. The molecule has 0 radical (unpaired) electrons. The van der Waals surface area contributed by atoms with Crippen molar-refractivity contribution in [2.24, 2.45) is 0 Å². The van der Waals surface area contributed by atoms with Crippen molar-refractivity contribution in [3.05, 3.63) is 17.8 Å². The third kappa shape index (κ3) is 3.34. The third-order valence-corrected chi connectivity index (χ3v) is 6.10. The molecule has 1 aliphatic heterocycles. The van der Waals surface area contributed by atoms with Crippen LogP contribution in [0.4, 0.5) is 10.2 Å². The highest BCUT2D eigenvalue weighted by Gasteiger charge is 2.52. The predicted molar refractivity (Wildman–Crippen MR) is 83.7 cm³/mol. The number of sulfone groups is 1. The van der Waals surface area contributed by atoms with E-state index >= 15 is 0 Å². The maximum Gasteiger partial charge on any atom is 0.252 e. The Bertz CT molecular complexity index is 766. The molecule has 1 saturated heterocycles. The summed E-state index contributed by atoms with van der Waals surface area (Å²) in [5.41, 5.74) is -0.854. The van der Waals surface area contributed by atoms with Crippen LogP contribution in [0.5, 0.6) is 0 Å². The van der Waals surface area contributed by atoms with Crippen molar-refractivity contribution in [1.29, 1.82) is 0 Å². The normalized spacial score (nSPS) is 26.8. The fourth-order valence-electron chi connectivity index (χ4n) is 2.80. The number of methoxy groups -OCH3 is 1. The fourth-order valence-corrected chi connectivity index (χ4v) is 4.66. The molecule has 2 aliphatic rings. The summed E-state index contributed by atoms with van der Waals surface area (Å²) in [7, 11) is -1.90. The molecule has 1 aliphatic carbocycles. The van der Waals surface area contributed by atoms with Crippen LogP contribution in [0.2, 0.25) is 0 Å². The van der Waals surface area contributed by atoms with Crippen LogP contribution in [0.3, 0.4) is 0 Å². The van der Waals surface area contributed by atoms with Crippen LogP contribution >= 0.6 is 0 Å². The Morgan fingerprint density at radius 1 is 1.38 bits per heavy atom. The van der Waals surface area contributed by atoms with Crippen LogP contribution in [0, 0.1) is 12.7 Å². The smallest absolute Gasteiger partial charge is 0.252 e. The number of nitrogens with one attached hydrogen (secondary N) is 2. The van der Waals surface area contributed by atoms with Crippen molar-refractivity contribution in [3.63, 3.8) is 0 Å². The number of ether oxygens (including phenoxy) is 1. The number of hydrogen-bond acceptors (Lipinski definition) is 7. The second-order valence-corrected chi connectivity index (χ2v) is 8.37. The first kappa shape index (κ1) is 17.0. The average molecular weight is 358 g/mol. The number of halogens is 1. The minimum atomic E-state index is -3.35. The van der Waals surface area contributed by atoms with Crippen LogP contribution in [0.1, 0.15) is 18.7 Å². The zero-order valence-corrected chi connectivity index (χ0v) is 14.2. The van der Waals surface area contributed by atoms with E-state index in [4.69, 9.17) is 4.74 Å². The summed E-state index contributed by atoms with van der Waals surface area (Å²) in [6.45, 7) is 1.60. The molecule has 10 heteroatoms. The molecule has 24 heavy (non-hydrogen) atoms. The number of amides is 1. The van der Waals surface area contributed by atoms with Gasteiger partial charge in [0.2, 0.25) is 0 Å². The molecule has 0 spiro atoms. The van der Waals surface area contributed by atoms with Crippen LogP contribution in [-0.4, -0.2) is 60.6 Å². The maximum atomic E-state index is 13.8. The lowest BCUT2D eigenvalue weighted by molar-refractivity contribution is -0.134. The van der Waals surface area contributed by atoms with Gasteiger partial charge in [0.05, 0.1) is 29.8 Å². The molecule has 1 saturated carbocycles. The van der Waals surface area contributed by atoms with E-state index in [9.17, 15) is 17.6 Å². The second kappa shape index (κ2) is 5.92. The van der Waals surface area contributed by atoms with Crippen molar-refractivity contribution in [1.82, 2.24) is 15.3 Å². The lowest BCUT2D eigenvalue weighted by Gasteiger charge is -2.23. The van der Waals surface area contributed by atoms with Gasteiger partial charge in [-0.15, -0.1) is 0 Å². The maximum absolute atomic E-state index is 13.8. The lowest BCUT2D eigenvalue weighted by Crippen LogP contribution is -2.50. The lowest BCUT2D eigenvalue weighted by atomic mass is 10.1. The van der Waals surface area contributed by atoms with Gasteiger partial charge in [-0.3, -0.25) is 4.79 Å². The number of anilines is 1. The van der Waals surface area contributed by atoms with Crippen molar-refractivity contribution in [3.8, 4) is 0 Å². The molecule has 132 valence electrons. The van der Waals surface area contributed by atoms with E-state index in [1.165, 1.54) is 7.11 Å². The molecule has 0 bridgehead atoms. The molecule has 1 aromatic heterocycles. The molecular weight excluding hydrogens is 339 g/mol. The number of rotatable bonds is 5. The number of nitrogens with zero attached hydrogens (tertiary/aromatic N) is 2. The second-order valence-electron chi connectivity index (χ2n) is 6.22. The van der Waals surface area contributed by atoms with Gasteiger partial charge in [-0.2, -0.15) is 0 Å². The first-order valence-corrected chi connectivity index (χ1v) is 9.39. The molecule has 2 heterocycles. The molecule has 1 aromatic rings. The van der Waals surface area contributed by atoms with E-state index < -0.39 is 33.3 Å². The molecule has 1 amide bonds. The van der Waals surface area contributed by atoms with Gasteiger partial charge in [0.15, 0.2) is 21.5 Å². The van der Waals surface area contributed by atoms with Crippen molar-refractivity contribution in [2.75, 3.05) is 23.9 Å². The Morgan fingerprint density at radius 3 is 2.67 bits per heavy atom. The Labute approximate surface area is 139 Å². The van der Waals surface area contributed by atoms with E-state index in [2.05, 4.69) is 20.6 Å². The highest BCUT2D eigenvalue weighted by atomic mass is 32.2. The van der Waals surface area contributed by atoms with Gasteiger partial charge in [-0.25, -0.2) is 22.8 Å². The van der Waals surface area contributed by atoms with E-state index in [1.54, 1.807) is 6.92 Å². The Morgan fingerprint density at radius 2 is 2.04 bits per heavy atom. The van der Waals surface area contributed by atoms with Gasteiger partial charge < -0.3 is 15.4 Å². The summed E-state index contributed by atoms with van der Waals surface area (Å²) in [4.78, 5) is 20.0. The van der Waals surface area contributed by atoms with Crippen LogP contribution < -0.4 is 10.6 Å². The molecule has 2 N–H and O–H groups in total. The molecule has 2 atom stereocenters. The fraction of sp³-hybridized carbons (Fsp3) is 0.643. The first-order valence-electron chi connectivity index (χ1n) is 7.57. The van der Waals surface area contributed by atoms with Gasteiger partial charge in [0, 0.05) is 7.11 Å². The monoisotopic (exact) mass is 358 g/mol. The van der Waals surface area contributed by atoms with Crippen LogP contribution in [0.15, 0.2) is 6.20 Å². The summed E-state index contributed by atoms with van der Waals surface area (Å²) in [5.74, 6) is -1.14. The molecule has 3 rings (SSSR count). The predicted octanol–water partition coefficient (Wildman–Crippen LogP) is -0.203. The number of aryl methyl sites for hydroxylation is 1. The topological polar surface area (TPSA) is 110 Å². The molecule has 8 nitrogen and oxygen atoms in total. The van der Waals surface area contributed by atoms with Gasteiger partial charge in [0.25, 0.3) is 5.91 Å². The average Bonchev–Trinajstić information content (AvgIpc) is 3.25. The molecule has 2 fully saturated rings. The number of aromatic nitrogens is 2. The first-order chi connectivity index (χ1) is 11.2. The third-order valence-electron chi connectivity index (χ3n) is 4.36. The zero-order chi connectivity index (χ0) is 17.5. The number of carbonyl (C=O) groups excluding carboxylic acids is 1. The quantitative estimate of drug-likeness (QED) is 0.750. The van der Waals surface area contributed by atoms with Crippen LogP contribution in [0.25, 0.3) is 0 Å². The Balaban J connectivity index is 1.77. The summed E-state index contributed by atoms with van der Waals surface area (Å²) in [6.07, 6.45) is 2.23. The van der Waals surface area contributed by atoms with Gasteiger partial charge in [-0.05, 0) is 19.8 Å². The SMILES string of the molecule is COC1(C(=O)NC2CS(=O)(=O)CC2Nc2nc(C)ncc2F)CC1. The van der Waals surface area contributed by atoms with Crippen molar-refractivity contribution >= 4 is 21.6 Å².